The van der Waals surface area contributed by atoms with Crippen molar-refractivity contribution in [3.05, 3.63) is 41.3 Å². The Hall–Kier alpha value is -2.38. The molecule has 2 aromatic rings. The van der Waals surface area contributed by atoms with Crippen LogP contribution in [0, 0.1) is 6.92 Å². The van der Waals surface area contributed by atoms with E-state index in [1.165, 1.54) is 0 Å². The van der Waals surface area contributed by atoms with Gasteiger partial charge < -0.3 is 19.5 Å². The average molecular weight is 386 g/mol. The molecular formula is C21H30N4O3. The molecular weight excluding hydrogens is 356 g/mol. The quantitative estimate of drug-likeness (QED) is 0.782. The van der Waals surface area contributed by atoms with E-state index in [0.29, 0.717) is 18.0 Å². The third-order valence-corrected chi connectivity index (χ3v) is 5.13. The Morgan fingerprint density at radius 2 is 1.82 bits per heavy atom. The highest BCUT2D eigenvalue weighted by Crippen LogP contribution is 2.30. The van der Waals surface area contributed by atoms with Gasteiger partial charge in [0.05, 0.1) is 20.3 Å². The maximum absolute atomic E-state index is 10.8. The first-order chi connectivity index (χ1) is 13.5. The summed E-state index contributed by atoms with van der Waals surface area (Å²) in [5.41, 5.74) is 1.76. The van der Waals surface area contributed by atoms with Crippen molar-refractivity contribution >= 4 is 5.82 Å². The topological polar surface area (TPSA) is 71.0 Å². The van der Waals surface area contributed by atoms with Crippen LogP contribution in [0.25, 0.3) is 0 Å². The van der Waals surface area contributed by atoms with Gasteiger partial charge in [0.25, 0.3) is 0 Å². The highest BCUT2D eigenvalue weighted by Gasteiger charge is 2.23. The Morgan fingerprint density at radius 1 is 1.07 bits per heavy atom. The number of hydrogen-bond acceptors (Lipinski definition) is 7. The molecule has 0 saturated carbocycles. The Morgan fingerprint density at radius 3 is 2.46 bits per heavy atom. The first-order valence-corrected chi connectivity index (χ1v) is 9.76. The zero-order valence-electron chi connectivity index (χ0n) is 17.2. The van der Waals surface area contributed by atoms with Crippen molar-refractivity contribution in [3.63, 3.8) is 0 Å². The normalized spacial score (nSPS) is 16.1. The number of rotatable bonds is 7. The van der Waals surface area contributed by atoms with Gasteiger partial charge in [-0.15, -0.1) is 0 Å². The number of methoxy groups -OCH3 is 2. The largest absolute Gasteiger partial charge is 0.497 e. The van der Waals surface area contributed by atoms with Gasteiger partial charge in [-0.05, 0) is 25.1 Å². The summed E-state index contributed by atoms with van der Waals surface area (Å²) in [6.07, 6.45) is 0.202. The highest BCUT2D eigenvalue weighted by molar-refractivity contribution is 5.42. The average Bonchev–Trinajstić information content (AvgIpc) is 2.73. The lowest BCUT2D eigenvalue weighted by atomic mass is 10.1. The maximum Gasteiger partial charge on any atom is 0.132 e. The number of aliphatic hydroxyl groups is 1. The SMILES string of the molecule is CCc1nc(C)cc(N2CCN(C[C@H](O)c3cc(OC)ccc3OC)CC2)n1. The number of piperazine rings is 1. The second kappa shape index (κ2) is 9.21. The molecule has 1 aromatic heterocycles. The molecule has 1 atom stereocenters. The van der Waals surface area contributed by atoms with E-state index in [1.54, 1.807) is 14.2 Å². The number of nitrogens with zero attached hydrogens (tertiary/aromatic N) is 4. The number of hydrogen-bond donors (Lipinski definition) is 1. The minimum Gasteiger partial charge on any atom is -0.497 e. The van der Waals surface area contributed by atoms with Gasteiger partial charge in [0.1, 0.15) is 23.1 Å². The minimum absolute atomic E-state index is 0.556. The Bertz CT molecular complexity index is 791. The fraction of sp³-hybridized carbons (Fsp3) is 0.524. The first kappa shape index (κ1) is 20.4. The predicted octanol–water partition coefficient (Wildman–Crippen LogP) is 2.22. The van der Waals surface area contributed by atoms with E-state index in [2.05, 4.69) is 26.7 Å². The molecule has 0 unspecified atom stereocenters. The lowest BCUT2D eigenvalue weighted by Gasteiger charge is -2.36. The van der Waals surface area contributed by atoms with E-state index < -0.39 is 6.10 Å². The Labute approximate surface area is 166 Å². The monoisotopic (exact) mass is 386 g/mol. The van der Waals surface area contributed by atoms with E-state index in [9.17, 15) is 5.11 Å². The van der Waals surface area contributed by atoms with Gasteiger partial charge in [0, 0.05) is 56.5 Å². The molecule has 1 aliphatic rings. The first-order valence-electron chi connectivity index (χ1n) is 9.76. The fourth-order valence-corrected chi connectivity index (χ4v) is 3.53. The summed E-state index contributed by atoms with van der Waals surface area (Å²) in [5, 5.41) is 10.8. The van der Waals surface area contributed by atoms with Crippen molar-refractivity contribution in [2.24, 2.45) is 0 Å². The minimum atomic E-state index is -0.635. The molecule has 0 aliphatic carbocycles. The van der Waals surface area contributed by atoms with Crippen molar-refractivity contribution in [1.29, 1.82) is 0 Å². The zero-order chi connectivity index (χ0) is 20.1. The van der Waals surface area contributed by atoms with Gasteiger partial charge >= 0.3 is 0 Å². The summed E-state index contributed by atoms with van der Waals surface area (Å²) in [4.78, 5) is 13.7. The van der Waals surface area contributed by atoms with Crippen LogP contribution in [0.15, 0.2) is 24.3 Å². The number of anilines is 1. The molecule has 1 aliphatic heterocycles. The van der Waals surface area contributed by atoms with Crippen molar-refractivity contribution in [2.75, 3.05) is 51.8 Å². The summed E-state index contributed by atoms with van der Waals surface area (Å²) in [5.74, 6) is 3.28. The van der Waals surface area contributed by atoms with E-state index in [0.717, 1.165) is 55.5 Å². The summed E-state index contributed by atoms with van der Waals surface area (Å²) in [6, 6.07) is 7.56. The third-order valence-electron chi connectivity index (χ3n) is 5.13. The van der Waals surface area contributed by atoms with Crippen molar-refractivity contribution < 1.29 is 14.6 Å². The number of benzene rings is 1. The van der Waals surface area contributed by atoms with E-state index in [-0.39, 0.29) is 0 Å². The van der Waals surface area contributed by atoms with Crippen LogP contribution in [0.4, 0.5) is 5.82 Å². The molecule has 0 amide bonds. The Balaban J connectivity index is 1.62. The summed E-state index contributed by atoms with van der Waals surface area (Å²) in [6.45, 7) is 8.13. The van der Waals surface area contributed by atoms with Gasteiger partial charge in [-0.25, -0.2) is 9.97 Å². The molecule has 1 saturated heterocycles. The summed E-state index contributed by atoms with van der Waals surface area (Å²) in [7, 11) is 3.24. The molecule has 0 spiro atoms. The number of ether oxygens (including phenoxy) is 2. The molecule has 0 bridgehead atoms. The summed E-state index contributed by atoms with van der Waals surface area (Å²) < 4.78 is 10.7. The van der Waals surface area contributed by atoms with Gasteiger partial charge in [-0.2, -0.15) is 0 Å². The van der Waals surface area contributed by atoms with Gasteiger partial charge in [0.2, 0.25) is 0 Å². The molecule has 1 aromatic carbocycles. The molecule has 0 radical (unpaired) electrons. The van der Waals surface area contributed by atoms with Crippen LogP contribution in [0.2, 0.25) is 0 Å². The molecule has 7 nitrogen and oxygen atoms in total. The smallest absolute Gasteiger partial charge is 0.132 e. The molecule has 1 N–H and O–H groups in total. The number of β-amino-alcohol motifs (C(OH)–C–C–N with tert-alkyl or cyclic N) is 1. The molecule has 28 heavy (non-hydrogen) atoms. The van der Waals surface area contributed by atoms with Crippen LogP contribution >= 0.6 is 0 Å². The zero-order valence-corrected chi connectivity index (χ0v) is 17.2. The lowest BCUT2D eigenvalue weighted by Crippen LogP contribution is -2.48. The maximum atomic E-state index is 10.8. The second-order valence-corrected chi connectivity index (χ2v) is 7.05. The van der Waals surface area contributed by atoms with E-state index in [1.807, 2.05) is 31.2 Å². The molecule has 3 rings (SSSR count). The molecule has 152 valence electrons. The van der Waals surface area contributed by atoms with E-state index in [4.69, 9.17) is 9.47 Å². The number of aryl methyl sites for hydroxylation is 2. The van der Waals surface area contributed by atoms with Crippen LogP contribution in [0.5, 0.6) is 11.5 Å². The third kappa shape index (κ3) is 4.72. The summed E-state index contributed by atoms with van der Waals surface area (Å²) >= 11 is 0. The standard InChI is InChI=1S/C21H30N4O3/c1-5-20-22-15(2)12-21(23-20)25-10-8-24(9-11-25)14-18(26)17-13-16(27-3)6-7-19(17)28-4/h6-7,12-13,18,26H,5,8-11,14H2,1-4H3/t18-/m0/s1. The van der Waals surface area contributed by atoms with Crippen molar-refractivity contribution in [3.8, 4) is 11.5 Å². The van der Waals surface area contributed by atoms with Crippen LogP contribution in [0.3, 0.4) is 0 Å². The number of aromatic nitrogens is 2. The van der Waals surface area contributed by atoms with Gasteiger partial charge in [-0.1, -0.05) is 6.92 Å². The van der Waals surface area contributed by atoms with Crippen molar-refractivity contribution in [1.82, 2.24) is 14.9 Å². The van der Waals surface area contributed by atoms with E-state index >= 15 is 0 Å². The predicted molar refractivity (Wildman–Crippen MR) is 109 cm³/mol. The Kier molecular flexibility index (Phi) is 6.70. The van der Waals surface area contributed by atoms with Crippen LogP contribution < -0.4 is 14.4 Å². The van der Waals surface area contributed by atoms with Crippen LogP contribution in [0.1, 0.15) is 30.1 Å². The fourth-order valence-electron chi connectivity index (χ4n) is 3.53. The van der Waals surface area contributed by atoms with Gasteiger partial charge in [0.15, 0.2) is 0 Å². The van der Waals surface area contributed by atoms with Crippen LogP contribution in [-0.2, 0) is 6.42 Å². The lowest BCUT2D eigenvalue weighted by molar-refractivity contribution is 0.107. The van der Waals surface area contributed by atoms with Crippen LogP contribution in [-0.4, -0.2) is 66.9 Å². The van der Waals surface area contributed by atoms with Crippen molar-refractivity contribution in [2.45, 2.75) is 26.4 Å². The highest BCUT2D eigenvalue weighted by atomic mass is 16.5. The molecule has 2 heterocycles. The molecule has 1 fully saturated rings. The number of aliphatic hydroxyl groups excluding tert-OH is 1. The van der Waals surface area contributed by atoms with Gasteiger partial charge in [-0.3, -0.25) is 4.90 Å². The second-order valence-electron chi connectivity index (χ2n) is 7.05. The molecule has 7 heteroatoms.